The molecule has 2 atom stereocenters. The topological polar surface area (TPSA) is 92.8 Å². The molecule has 1 saturated carbocycles. The lowest BCUT2D eigenvalue weighted by atomic mass is 9.80. The first-order valence-corrected chi connectivity index (χ1v) is 8.65. The van der Waals surface area contributed by atoms with E-state index in [1.165, 1.54) is 25.4 Å². The predicted octanol–water partition coefficient (Wildman–Crippen LogP) is 1.89. The normalized spacial score (nSPS) is 24.6. The number of amides is 3. The highest BCUT2D eigenvalue weighted by Crippen LogP contribution is 2.33. The number of Topliss-reactive ketones (excluding diaryl/α,β-unsaturated/α-hetero) is 1. The van der Waals surface area contributed by atoms with Crippen molar-refractivity contribution in [3.8, 4) is 0 Å². The number of rotatable bonds is 2. The van der Waals surface area contributed by atoms with E-state index >= 15 is 0 Å². The second-order valence-electron chi connectivity index (χ2n) is 6.85. The number of carbonyl (C=O) groups is 4. The molecule has 134 valence electrons. The molecule has 0 bridgehead atoms. The van der Waals surface area contributed by atoms with Crippen LogP contribution in [0.15, 0.2) is 30.0 Å². The lowest BCUT2D eigenvalue weighted by Gasteiger charge is -2.33. The summed E-state index contributed by atoms with van der Waals surface area (Å²) in [5.74, 6) is -1.80. The van der Waals surface area contributed by atoms with Crippen LogP contribution in [0.1, 0.15) is 46.4 Å². The van der Waals surface area contributed by atoms with E-state index in [2.05, 4.69) is 5.32 Å². The number of imide groups is 1. The summed E-state index contributed by atoms with van der Waals surface area (Å²) in [4.78, 5) is 50.1. The van der Waals surface area contributed by atoms with E-state index in [0.717, 1.165) is 30.6 Å². The number of hydrogen-bond acceptors (Lipinski definition) is 5. The largest absolute Gasteiger partial charge is 0.496 e. The van der Waals surface area contributed by atoms with E-state index in [1.807, 2.05) is 0 Å². The van der Waals surface area contributed by atoms with Crippen molar-refractivity contribution in [1.82, 2.24) is 4.90 Å². The zero-order valence-corrected chi connectivity index (χ0v) is 14.3. The number of ether oxygens (including phenoxy) is 1. The number of carbonyl (C=O) groups excluding carboxylic acids is 4. The Hall–Kier alpha value is -2.96. The standard InChI is InChI=1S/C19H18N2O5/c1-21-18(24)11-7-6-10(8-13(11)19(21)25)20-17(23)14-9-26-15-5-3-2-4-12(15)16(14)22/h6-9,12,15H,2-5H2,1H3,(H,20,23). The second-order valence-corrected chi connectivity index (χ2v) is 6.85. The van der Waals surface area contributed by atoms with Gasteiger partial charge in [-0.15, -0.1) is 0 Å². The Morgan fingerprint density at radius 1 is 1.12 bits per heavy atom. The van der Waals surface area contributed by atoms with Gasteiger partial charge in [0.15, 0.2) is 5.78 Å². The van der Waals surface area contributed by atoms with E-state index in [1.54, 1.807) is 6.07 Å². The van der Waals surface area contributed by atoms with E-state index < -0.39 is 11.8 Å². The molecule has 1 aromatic carbocycles. The number of anilines is 1. The third-order valence-corrected chi connectivity index (χ3v) is 5.26. The van der Waals surface area contributed by atoms with Crippen LogP contribution in [0, 0.1) is 5.92 Å². The van der Waals surface area contributed by atoms with Crippen molar-refractivity contribution in [1.29, 1.82) is 0 Å². The summed E-state index contributed by atoms with van der Waals surface area (Å²) in [7, 11) is 1.41. The third-order valence-electron chi connectivity index (χ3n) is 5.26. The van der Waals surface area contributed by atoms with Crippen LogP contribution in [0.3, 0.4) is 0 Å². The van der Waals surface area contributed by atoms with Gasteiger partial charge < -0.3 is 10.1 Å². The molecule has 0 radical (unpaired) electrons. The number of nitrogens with one attached hydrogen (secondary N) is 1. The summed E-state index contributed by atoms with van der Waals surface area (Å²) >= 11 is 0. The molecule has 0 spiro atoms. The minimum atomic E-state index is -0.566. The first kappa shape index (κ1) is 16.5. The number of benzene rings is 1. The van der Waals surface area contributed by atoms with Crippen LogP contribution < -0.4 is 5.32 Å². The highest BCUT2D eigenvalue weighted by atomic mass is 16.5. The molecule has 2 unspecified atom stereocenters. The second kappa shape index (κ2) is 6.09. The maximum atomic E-state index is 12.6. The lowest BCUT2D eigenvalue weighted by Crippen LogP contribution is -2.39. The third kappa shape index (κ3) is 2.51. The van der Waals surface area contributed by atoms with Gasteiger partial charge in [-0.2, -0.15) is 0 Å². The van der Waals surface area contributed by atoms with Crippen LogP contribution in [0.25, 0.3) is 0 Å². The van der Waals surface area contributed by atoms with E-state index in [9.17, 15) is 19.2 Å². The van der Waals surface area contributed by atoms with Crippen LogP contribution in [0.2, 0.25) is 0 Å². The van der Waals surface area contributed by atoms with Crippen LogP contribution in [0.4, 0.5) is 5.69 Å². The van der Waals surface area contributed by atoms with Crippen molar-refractivity contribution in [2.75, 3.05) is 12.4 Å². The lowest BCUT2D eigenvalue weighted by molar-refractivity contribution is -0.129. The van der Waals surface area contributed by atoms with Crippen LogP contribution in [-0.4, -0.2) is 41.6 Å². The van der Waals surface area contributed by atoms with Crippen molar-refractivity contribution in [3.05, 3.63) is 41.2 Å². The fourth-order valence-electron chi connectivity index (χ4n) is 3.78. The summed E-state index contributed by atoms with van der Waals surface area (Å²) in [6, 6.07) is 4.49. The molecule has 26 heavy (non-hydrogen) atoms. The van der Waals surface area contributed by atoms with Gasteiger partial charge in [-0.25, -0.2) is 0 Å². The van der Waals surface area contributed by atoms with Crippen molar-refractivity contribution in [2.24, 2.45) is 5.92 Å². The van der Waals surface area contributed by atoms with Gasteiger partial charge in [-0.3, -0.25) is 24.1 Å². The van der Waals surface area contributed by atoms with Gasteiger partial charge in [-0.1, -0.05) is 6.42 Å². The highest BCUT2D eigenvalue weighted by Gasteiger charge is 2.39. The minimum Gasteiger partial charge on any atom is -0.496 e. The molecule has 1 N–H and O–H groups in total. The maximum Gasteiger partial charge on any atom is 0.262 e. The van der Waals surface area contributed by atoms with E-state index in [0.29, 0.717) is 11.3 Å². The van der Waals surface area contributed by atoms with Gasteiger partial charge in [0, 0.05) is 12.7 Å². The molecule has 2 heterocycles. The zero-order chi connectivity index (χ0) is 18.4. The first-order valence-electron chi connectivity index (χ1n) is 8.65. The molecule has 3 amide bonds. The van der Waals surface area contributed by atoms with E-state index in [4.69, 9.17) is 4.74 Å². The Morgan fingerprint density at radius 3 is 2.65 bits per heavy atom. The highest BCUT2D eigenvalue weighted by molar-refractivity contribution is 6.25. The molecule has 0 aromatic heterocycles. The SMILES string of the molecule is CN1C(=O)c2ccc(NC(=O)C3=COC4CCCCC4C3=O)cc2C1=O. The molecule has 4 rings (SSSR count). The van der Waals surface area contributed by atoms with Crippen molar-refractivity contribution < 1.29 is 23.9 Å². The predicted molar refractivity (Wildman–Crippen MR) is 91.4 cm³/mol. The van der Waals surface area contributed by atoms with Gasteiger partial charge in [0.25, 0.3) is 17.7 Å². The van der Waals surface area contributed by atoms with Gasteiger partial charge in [0.05, 0.1) is 23.3 Å². The van der Waals surface area contributed by atoms with E-state index in [-0.39, 0.29) is 34.8 Å². The summed E-state index contributed by atoms with van der Waals surface area (Å²) in [6.07, 6.45) is 4.67. The monoisotopic (exact) mass is 354 g/mol. The Labute approximate surface area is 150 Å². The van der Waals surface area contributed by atoms with Crippen LogP contribution >= 0.6 is 0 Å². The Balaban J connectivity index is 1.54. The van der Waals surface area contributed by atoms with Gasteiger partial charge in [-0.05, 0) is 37.5 Å². The van der Waals surface area contributed by atoms with Gasteiger partial charge in [0.2, 0.25) is 0 Å². The average Bonchev–Trinajstić information content (AvgIpc) is 2.86. The quantitative estimate of drug-likeness (QED) is 0.647. The molecule has 7 nitrogen and oxygen atoms in total. The molecule has 2 aliphatic heterocycles. The molecule has 1 fully saturated rings. The number of hydrogen-bond donors (Lipinski definition) is 1. The van der Waals surface area contributed by atoms with Crippen molar-refractivity contribution >= 4 is 29.2 Å². The fraction of sp³-hybridized carbons (Fsp3) is 0.368. The fourth-order valence-corrected chi connectivity index (χ4v) is 3.78. The molecular weight excluding hydrogens is 336 g/mol. The Bertz CT molecular complexity index is 873. The summed E-state index contributed by atoms with van der Waals surface area (Å²) in [5.41, 5.74) is 0.887. The zero-order valence-electron chi connectivity index (χ0n) is 14.3. The molecule has 7 heteroatoms. The molecule has 1 aromatic rings. The Morgan fingerprint density at radius 2 is 1.85 bits per heavy atom. The Kier molecular flexibility index (Phi) is 3.86. The van der Waals surface area contributed by atoms with Gasteiger partial charge >= 0.3 is 0 Å². The summed E-state index contributed by atoms with van der Waals surface area (Å²) < 4.78 is 5.59. The smallest absolute Gasteiger partial charge is 0.262 e. The molecule has 0 saturated heterocycles. The average molecular weight is 354 g/mol. The summed E-state index contributed by atoms with van der Waals surface area (Å²) in [6.45, 7) is 0. The van der Waals surface area contributed by atoms with Crippen molar-refractivity contribution in [2.45, 2.75) is 31.8 Å². The minimum absolute atomic E-state index is 0.00632. The molecular formula is C19H18N2O5. The van der Waals surface area contributed by atoms with Crippen LogP contribution in [0.5, 0.6) is 0 Å². The molecule has 1 aliphatic carbocycles. The van der Waals surface area contributed by atoms with Crippen molar-refractivity contribution in [3.63, 3.8) is 0 Å². The number of ketones is 1. The first-order chi connectivity index (χ1) is 12.5. The maximum absolute atomic E-state index is 12.6. The van der Waals surface area contributed by atoms with Crippen LogP contribution in [-0.2, 0) is 14.3 Å². The molecule has 3 aliphatic rings. The summed E-state index contributed by atoms with van der Waals surface area (Å²) in [5, 5.41) is 2.63. The number of fused-ring (bicyclic) bond motifs is 2. The van der Waals surface area contributed by atoms with Gasteiger partial charge in [0.1, 0.15) is 11.7 Å². The number of nitrogens with zero attached hydrogens (tertiary/aromatic N) is 1.